The van der Waals surface area contributed by atoms with E-state index in [0.717, 1.165) is 4.90 Å². The number of carbonyl (C=O) groups excluding carboxylic acids is 1. The van der Waals surface area contributed by atoms with Crippen molar-refractivity contribution in [1.82, 2.24) is 9.80 Å². The van der Waals surface area contributed by atoms with Gasteiger partial charge in [0.2, 0.25) is 5.91 Å². The number of guanidine groups is 1. The van der Waals surface area contributed by atoms with Gasteiger partial charge >= 0.3 is 10.4 Å². The molecule has 1 aliphatic heterocycles. The Morgan fingerprint density at radius 3 is 2.12 bits per heavy atom. The largest absolute Gasteiger partial charge is 0.394 e. The lowest BCUT2D eigenvalue weighted by Crippen LogP contribution is -2.65. The number of amides is 1. The summed E-state index contributed by atoms with van der Waals surface area (Å²) >= 11 is 0. The molecule has 0 aromatic carbocycles. The van der Waals surface area contributed by atoms with Crippen LogP contribution in [0.15, 0.2) is 0 Å². The minimum atomic E-state index is -4.67. The topological polar surface area (TPSA) is 229 Å². The van der Waals surface area contributed by atoms with E-state index >= 15 is 0 Å². The summed E-state index contributed by atoms with van der Waals surface area (Å²) in [4.78, 5) is 14.3. The minimum Gasteiger partial charge on any atom is -0.394 e. The highest BCUT2D eigenvalue weighted by atomic mass is 32.3. The highest BCUT2D eigenvalue weighted by Gasteiger charge is 2.43. The van der Waals surface area contributed by atoms with Crippen LogP contribution in [0, 0.1) is 5.41 Å². The van der Waals surface area contributed by atoms with Crippen molar-refractivity contribution in [3.8, 4) is 0 Å². The Morgan fingerprint density at radius 2 is 1.75 bits per heavy atom. The fourth-order valence-corrected chi connectivity index (χ4v) is 1.96. The maximum absolute atomic E-state index is 12.0. The van der Waals surface area contributed by atoms with Crippen LogP contribution in [0.25, 0.3) is 0 Å². The molecule has 1 amide bonds. The van der Waals surface area contributed by atoms with Crippen molar-refractivity contribution in [2.75, 3.05) is 26.7 Å². The Labute approximate surface area is 138 Å². The van der Waals surface area contributed by atoms with Crippen LogP contribution in [-0.4, -0.2) is 111 Å². The van der Waals surface area contributed by atoms with E-state index in [1.807, 2.05) is 0 Å². The normalized spacial score (nSPS) is 27.0. The number of carbonyl (C=O) groups is 1. The van der Waals surface area contributed by atoms with Gasteiger partial charge in [0, 0.05) is 13.6 Å². The number of piperidine rings is 1. The summed E-state index contributed by atoms with van der Waals surface area (Å²) in [6.07, 6.45) is -4.13. The second-order valence-electron chi connectivity index (χ2n) is 5.03. The summed E-state index contributed by atoms with van der Waals surface area (Å²) in [6.45, 7) is -0.962. The molecule has 0 aliphatic carbocycles. The zero-order chi connectivity index (χ0) is 19.2. The maximum Gasteiger partial charge on any atom is 0.394 e. The number of nitrogens with one attached hydrogen (secondary N) is 1. The SMILES string of the molecule is CN(CC(=O)N1C[C@H](O)[C@@H](O)[C@H](O)[C@H]1CO)C(=N)N.O=S(=O)(O)O. The quantitative estimate of drug-likeness (QED) is 0.133. The molecule has 0 spiro atoms. The van der Waals surface area contributed by atoms with Crippen molar-refractivity contribution in [3.05, 3.63) is 0 Å². The molecule has 142 valence electrons. The van der Waals surface area contributed by atoms with Crippen LogP contribution in [0.3, 0.4) is 0 Å². The molecule has 24 heavy (non-hydrogen) atoms. The minimum absolute atomic E-state index is 0.200. The Hall–Kier alpha value is -1.55. The van der Waals surface area contributed by atoms with E-state index in [-0.39, 0.29) is 19.0 Å². The molecule has 14 heteroatoms. The van der Waals surface area contributed by atoms with Crippen molar-refractivity contribution in [3.63, 3.8) is 0 Å². The number of aliphatic hydroxyl groups excluding tert-OH is 4. The molecule has 0 saturated carbocycles. The van der Waals surface area contributed by atoms with Gasteiger partial charge in [0.25, 0.3) is 0 Å². The maximum atomic E-state index is 12.0. The monoisotopic (exact) mass is 374 g/mol. The molecular weight excluding hydrogens is 352 g/mol. The van der Waals surface area contributed by atoms with Crippen LogP contribution in [0.5, 0.6) is 0 Å². The van der Waals surface area contributed by atoms with Gasteiger partial charge in [-0.15, -0.1) is 0 Å². The lowest BCUT2D eigenvalue weighted by Gasteiger charge is -2.43. The first-order valence-corrected chi connectivity index (χ1v) is 7.88. The molecule has 1 rings (SSSR count). The van der Waals surface area contributed by atoms with Crippen LogP contribution < -0.4 is 5.73 Å². The van der Waals surface area contributed by atoms with Gasteiger partial charge in [0.1, 0.15) is 18.3 Å². The fourth-order valence-electron chi connectivity index (χ4n) is 1.96. The van der Waals surface area contributed by atoms with E-state index in [2.05, 4.69) is 0 Å². The van der Waals surface area contributed by atoms with Crippen molar-refractivity contribution in [2.45, 2.75) is 24.4 Å². The van der Waals surface area contributed by atoms with Gasteiger partial charge in [0.15, 0.2) is 5.96 Å². The number of hydrogen-bond donors (Lipinski definition) is 8. The highest BCUT2D eigenvalue weighted by Crippen LogP contribution is 2.19. The first-order valence-electron chi connectivity index (χ1n) is 6.49. The Kier molecular flexibility index (Phi) is 8.48. The van der Waals surface area contributed by atoms with Crippen LogP contribution in [0.4, 0.5) is 0 Å². The predicted octanol–water partition coefficient (Wildman–Crippen LogP) is -4.56. The molecule has 4 atom stereocenters. The highest BCUT2D eigenvalue weighted by molar-refractivity contribution is 7.79. The molecule has 13 nitrogen and oxygen atoms in total. The van der Waals surface area contributed by atoms with Gasteiger partial charge in [-0.2, -0.15) is 8.42 Å². The first kappa shape index (κ1) is 22.4. The van der Waals surface area contributed by atoms with E-state index in [9.17, 15) is 25.2 Å². The predicted molar refractivity (Wildman–Crippen MR) is 79.3 cm³/mol. The smallest absolute Gasteiger partial charge is 0.394 e. The molecule has 0 aromatic heterocycles. The van der Waals surface area contributed by atoms with Crippen LogP contribution >= 0.6 is 0 Å². The zero-order valence-electron chi connectivity index (χ0n) is 12.7. The van der Waals surface area contributed by atoms with Gasteiger partial charge in [0.05, 0.1) is 19.2 Å². The molecule has 1 aliphatic rings. The average molecular weight is 374 g/mol. The summed E-state index contributed by atoms with van der Waals surface area (Å²) in [5.41, 5.74) is 5.21. The van der Waals surface area contributed by atoms with E-state index in [1.54, 1.807) is 0 Å². The Bertz CT molecular complexity index is 534. The first-order chi connectivity index (χ1) is 10.8. The third-order valence-corrected chi connectivity index (χ3v) is 3.21. The summed E-state index contributed by atoms with van der Waals surface area (Å²) < 4.78 is 31.6. The number of rotatable bonds is 3. The molecule has 0 aromatic rings. The average Bonchev–Trinajstić information content (AvgIpc) is 2.42. The number of nitrogens with two attached hydrogens (primary N) is 1. The standard InChI is InChI=1S/C10H20N4O5.H2O4S/c1-13(10(11)12)3-7(17)14-2-6(16)9(19)8(18)5(14)4-15;1-5(2,3)4/h5-6,8-9,15-16,18-19H,2-4H2,1H3,(H3,11,12);(H2,1,2,3,4)/t5-,6+,8-,9-;/m1./s1. The van der Waals surface area contributed by atoms with Crippen LogP contribution in [0.2, 0.25) is 0 Å². The summed E-state index contributed by atoms with van der Waals surface area (Å²) in [5, 5.41) is 45.1. The molecule has 0 radical (unpaired) electrons. The van der Waals surface area contributed by atoms with Gasteiger partial charge in [-0.1, -0.05) is 0 Å². The third-order valence-electron chi connectivity index (χ3n) is 3.21. The van der Waals surface area contributed by atoms with Crippen molar-refractivity contribution in [1.29, 1.82) is 5.41 Å². The van der Waals surface area contributed by atoms with Crippen LogP contribution in [0.1, 0.15) is 0 Å². The molecular formula is C10H22N4O9S. The number of aliphatic hydroxyl groups is 4. The molecule has 0 bridgehead atoms. The molecule has 9 N–H and O–H groups in total. The van der Waals surface area contributed by atoms with Crippen molar-refractivity contribution in [2.24, 2.45) is 5.73 Å². The third kappa shape index (κ3) is 7.35. The number of hydrogen-bond acceptors (Lipinski definition) is 8. The number of nitrogens with zero attached hydrogens (tertiary/aromatic N) is 2. The Balaban J connectivity index is 0.000000922. The second-order valence-corrected chi connectivity index (χ2v) is 5.93. The zero-order valence-corrected chi connectivity index (χ0v) is 13.5. The molecule has 1 heterocycles. The number of likely N-dealkylation sites (tertiary alicyclic amines) is 1. The molecule has 1 saturated heterocycles. The summed E-state index contributed by atoms with van der Waals surface area (Å²) in [5.74, 6) is -0.811. The summed E-state index contributed by atoms with van der Waals surface area (Å²) in [6, 6.07) is -0.994. The van der Waals surface area contributed by atoms with Gasteiger partial charge < -0.3 is 36.0 Å². The van der Waals surface area contributed by atoms with Gasteiger partial charge in [-0.05, 0) is 0 Å². The van der Waals surface area contributed by atoms with Gasteiger partial charge in [-0.25, -0.2) is 0 Å². The lowest BCUT2D eigenvalue weighted by molar-refractivity contribution is -0.166. The fraction of sp³-hybridized carbons (Fsp3) is 0.800. The molecule has 1 fully saturated rings. The van der Waals surface area contributed by atoms with E-state index < -0.39 is 47.3 Å². The molecule has 0 unspecified atom stereocenters. The number of likely N-dealkylation sites (N-methyl/N-ethyl adjacent to an activating group) is 1. The van der Waals surface area contributed by atoms with Crippen molar-refractivity contribution < 1.29 is 42.7 Å². The number of β-amino-alcohol motifs (C(OH)–C–C–N with tert-alkyl or cyclic N) is 1. The Morgan fingerprint density at radius 1 is 1.29 bits per heavy atom. The van der Waals surface area contributed by atoms with E-state index in [0.29, 0.717) is 0 Å². The van der Waals surface area contributed by atoms with E-state index in [4.69, 9.17) is 28.7 Å². The summed E-state index contributed by atoms with van der Waals surface area (Å²) in [7, 11) is -3.22. The lowest BCUT2D eigenvalue weighted by atomic mass is 9.94. The van der Waals surface area contributed by atoms with Crippen LogP contribution in [-0.2, 0) is 15.2 Å². The van der Waals surface area contributed by atoms with Gasteiger partial charge in [-0.3, -0.25) is 19.3 Å². The second kappa shape index (κ2) is 9.07. The van der Waals surface area contributed by atoms with Crippen molar-refractivity contribution >= 4 is 22.3 Å². The van der Waals surface area contributed by atoms with E-state index in [1.165, 1.54) is 11.9 Å².